The number of nitrogens with one attached hydrogen (secondary N) is 1. The number of hydrogen-bond acceptors (Lipinski definition) is 3. The van der Waals surface area contributed by atoms with E-state index < -0.39 is 12.1 Å². The van der Waals surface area contributed by atoms with Gasteiger partial charge in [0, 0.05) is 11.3 Å². The predicted octanol–water partition coefficient (Wildman–Crippen LogP) is 4.35. The molecule has 0 aliphatic heterocycles. The number of ether oxygens (including phenoxy) is 1. The average molecular weight is 342 g/mol. The van der Waals surface area contributed by atoms with Gasteiger partial charge in [0.2, 0.25) is 0 Å². The molecule has 0 saturated heterocycles. The van der Waals surface area contributed by atoms with Crippen molar-refractivity contribution in [3.05, 3.63) is 56.3 Å². The lowest BCUT2D eigenvalue weighted by atomic mass is 10.1. The Bertz CT molecular complexity index is 708. The highest BCUT2D eigenvalue weighted by Crippen LogP contribution is 2.26. The van der Waals surface area contributed by atoms with Crippen LogP contribution in [0.4, 0.5) is 0 Å². The number of aryl methyl sites for hydroxylation is 1. The van der Waals surface area contributed by atoms with Crippen molar-refractivity contribution in [3.63, 3.8) is 0 Å². The molecule has 0 bridgehead atoms. The van der Waals surface area contributed by atoms with Crippen LogP contribution in [0.25, 0.3) is 0 Å². The second-order valence-electron chi connectivity index (χ2n) is 5.16. The van der Waals surface area contributed by atoms with Gasteiger partial charge in [-0.15, -0.1) is 0 Å². The maximum atomic E-state index is 12.2. The summed E-state index contributed by atoms with van der Waals surface area (Å²) in [5.74, 6) is -0.474. The minimum absolute atomic E-state index is 0.0945. The van der Waals surface area contributed by atoms with Crippen molar-refractivity contribution < 1.29 is 14.6 Å². The van der Waals surface area contributed by atoms with Gasteiger partial charge in [-0.05, 0) is 44.0 Å². The number of aromatic amines is 1. The first-order valence-electron chi connectivity index (χ1n) is 6.79. The zero-order valence-corrected chi connectivity index (χ0v) is 14.0. The van der Waals surface area contributed by atoms with Crippen LogP contribution in [0, 0.1) is 13.8 Å². The lowest BCUT2D eigenvalue weighted by Crippen LogP contribution is -2.07. The lowest BCUT2D eigenvalue weighted by Gasteiger charge is -2.07. The van der Waals surface area contributed by atoms with Crippen molar-refractivity contribution in [2.75, 3.05) is 0 Å². The van der Waals surface area contributed by atoms with Crippen molar-refractivity contribution in [3.8, 4) is 0 Å². The number of benzene rings is 1. The first kappa shape index (κ1) is 16.9. The van der Waals surface area contributed by atoms with Crippen LogP contribution < -0.4 is 0 Å². The molecule has 2 rings (SSSR count). The number of carbonyl (C=O) groups is 1. The van der Waals surface area contributed by atoms with Crippen LogP contribution in [0.2, 0.25) is 10.0 Å². The molecule has 0 amide bonds. The van der Waals surface area contributed by atoms with E-state index >= 15 is 0 Å². The average Bonchev–Trinajstić information content (AvgIpc) is 2.75. The fraction of sp³-hybridized carbons (Fsp3) is 0.312. The zero-order valence-electron chi connectivity index (χ0n) is 12.5. The van der Waals surface area contributed by atoms with Gasteiger partial charge in [-0.25, -0.2) is 4.79 Å². The molecule has 0 spiro atoms. The van der Waals surface area contributed by atoms with Crippen LogP contribution in [-0.2, 0) is 11.3 Å². The van der Waals surface area contributed by atoms with Crippen molar-refractivity contribution >= 4 is 29.2 Å². The first-order valence-corrected chi connectivity index (χ1v) is 7.55. The molecular weight excluding hydrogens is 325 g/mol. The van der Waals surface area contributed by atoms with Crippen molar-refractivity contribution in [1.82, 2.24) is 4.98 Å². The summed E-state index contributed by atoms with van der Waals surface area (Å²) in [5, 5.41) is 10.6. The Balaban J connectivity index is 2.13. The van der Waals surface area contributed by atoms with Crippen LogP contribution in [0.3, 0.4) is 0 Å². The zero-order chi connectivity index (χ0) is 16.4. The van der Waals surface area contributed by atoms with Gasteiger partial charge in [-0.1, -0.05) is 29.3 Å². The maximum absolute atomic E-state index is 12.2. The number of aliphatic hydroxyl groups is 1. The normalized spacial score (nSPS) is 12.3. The molecule has 1 atom stereocenters. The summed E-state index contributed by atoms with van der Waals surface area (Å²) < 4.78 is 5.28. The minimum atomic E-state index is -0.645. The lowest BCUT2D eigenvalue weighted by molar-refractivity contribution is 0.0465. The molecule has 22 heavy (non-hydrogen) atoms. The number of aromatic nitrogens is 1. The van der Waals surface area contributed by atoms with Crippen LogP contribution in [0.15, 0.2) is 18.2 Å². The molecule has 1 aromatic carbocycles. The summed E-state index contributed by atoms with van der Waals surface area (Å²) in [4.78, 5) is 15.2. The summed E-state index contributed by atoms with van der Waals surface area (Å²) in [6, 6.07) is 5.06. The summed E-state index contributed by atoms with van der Waals surface area (Å²) in [7, 11) is 0. The third kappa shape index (κ3) is 3.46. The molecular formula is C16H17Cl2NO3. The second kappa shape index (κ2) is 6.73. The molecule has 118 valence electrons. The van der Waals surface area contributed by atoms with E-state index in [-0.39, 0.29) is 6.61 Å². The Kier molecular flexibility index (Phi) is 5.16. The third-order valence-corrected chi connectivity index (χ3v) is 4.21. The topological polar surface area (TPSA) is 62.3 Å². The standard InChI is InChI=1S/C16H17Cl2NO3/c1-8-14(10(3)20)9(2)19-15(8)16(21)22-7-11-4-5-12(17)13(18)6-11/h4-6,10,19-20H,7H2,1-3H3/t10-/m0/s1. The Morgan fingerprint density at radius 3 is 2.55 bits per heavy atom. The molecule has 0 radical (unpaired) electrons. The largest absolute Gasteiger partial charge is 0.456 e. The van der Waals surface area contributed by atoms with Gasteiger partial charge >= 0.3 is 5.97 Å². The van der Waals surface area contributed by atoms with Gasteiger partial charge in [-0.3, -0.25) is 0 Å². The third-order valence-electron chi connectivity index (χ3n) is 3.47. The molecule has 4 nitrogen and oxygen atoms in total. The summed E-state index contributed by atoms with van der Waals surface area (Å²) >= 11 is 11.8. The van der Waals surface area contributed by atoms with E-state index in [1.807, 2.05) is 6.92 Å². The van der Waals surface area contributed by atoms with E-state index in [0.717, 1.165) is 16.8 Å². The molecule has 0 aliphatic rings. The van der Waals surface area contributed by atoms with Crippen molar-refractivity contribution in [2.24, 2.45) is 0 Å². The molecule has 0 fully saturated rings. The molecule has 0 saturated carbocycles. The highest BCUT2D eigenvalue weighted by atomic mass is 35.5. The van der Waals surface area contributed by atoms with E-state index in [1.165, 1.54) is 0 Å². The monoisotopic (exact) mass is 341 g/mol. The second-order valence-corrected chi connectivity index (χ2v) is 5.98. The molecule has 0 aliphatic carbocycles. The number of hydrogen-bond donors (Lipinski definition) is 2. The van der Waals surface area contributed by atoms with Crippen molar-refractivity contribution in [2.45, 2.75) is 33.5 Å². The highest BCUT2D eigenvalue weighted by molar-refractivity contribution is 6.42. The fourth-order valence-electron chi connectivity index (χ4n) is 2.45. The number of aliphatic hydroxyl groups excluding tert-OH is 1. The quantitative estimate of drug-likeness (QED) is 0.812. The number of halogens is 2. The van der Waals surface area contributed by atoms with Crippen LogP contribution >= 0.6 is 23.2 Å². The van der Waals surface area contributed by atoms with Crippen LogP contribution in [0.1, 0.15) is 45.9 Å². The van der Waals surface area contributed by atoms with Crippen molar-refractivity contribution in [1.29, 1.82) is 0 Å². The smallest absolute Gasteiger partial charge is 0.355 e. The van der Waals surface area contributed by atoms with E-state index in [4.69, 9.17) is 27.9 Å². The Morgan fingerprint density at radius 2 is 2.00 bits per heavy atom. The van der Waals surface area contributed by atoms with E-state index in [1.54, 1.807) is 32.0 Å². The number of esters is 1. The van der Waals surface area contributed by atoms with E-state index in [9.17, 15) is 9.90 Å². The van der Waals surface area contributed by atoms with Gasteiger partial charge in [0.15, 0.2) is 0 Å². The van der Waals surface area contributed by atoms with E-state index in [2.05, 4.69) is 4.98 Å². The Morgan fingerprint density at radius 1 is 1.32 bits per heavy atom. The van der Waals surface area contributed by atoms with E-state index in [0.29, 0.717) is 21.3 Å². The van der Waals surface area contributed by atoms with Gasteiger partial charge in [0.25, 0.3) is 0 Å². The number of carbonyl (C=O) groups excluding carboxylic acids is 1. The molecule has 0 unspecified atom stereocenters. The SMILES string of the molecule is Cc1[nH]c(C(=O)OCc2ccc(Cl)c(Cl)c2)c(C)c1[C@H](C)O. The summed E-state index contributed by atoms with van der Waals surface area (Å²) in [5.41, 5.74) is 3.29. The van der Waals surface area contributed by atoms with Gasteiger partial charge in [0.05, 0.1) is 16.1 Å². The van der Waals surface area contributed by atoms with Crippen LogP contribution in [-0.4, -0.2) is 16.1 Å². The molecule has 6 heteroatoms. The maximum Gasteiger partial charge on any atom is 0.355 e. The fourth-order valence-corrected chi connectivity index (χ4v) is 2.77. The number of H-pyrrole nitrogens is 1. The highest BCUT2D eigenvalue weighted by Gasteiger charge is 2.21. The molecule has 2 aromatic rings. The first-order chi connectivity index (χ1) is 10.3. The Labute approximate surface area is 139 Å². The van der Waals surface area contributed by atoms with Gasteiger partial charge in [0.1, 0.15) is 12.3 Å². The van der Waals surface area contributed by atoms with Crippen LogP contribution in [0.5, 0.6) is 0 Å². The molecule has 1 heterocycles. The minimum Gasteiger partial charge on any atom is -0.456 e. The van der Waals surface area contributed by atoms with Gasteiger partial charge in [-0.2, -0.15) is 0 Å². The Hall–Kier alpha value is -1.49. The van der Waals surface area contributed by atoms with Gasteiger partial charge < -0.3 is 14.8 Å². The molecule has 2 N–H and O–H groups in total. The molecule has 1 aromatic heterocycles. The summed E-state index contributed by atoms with van der Waals surface area (Å²) in [6.07, 6.45) is -0.645. The number of rotatable bonds is 4. The predicted molar refractivity (Wildman–Crippen MR) is 86.5 cm³/mol. The summed E-state index contributed by atoms with van der Waals surface area (Å²) in [6.45, 7) is 5.34.